The number of anilines is 1. The van der Waals surface area contributed by atoms with E-state index in [2.05, 4.69) is 61.4 Å². The molecule has 3 rings (SSSR count). The highest BCUT2D eigenvalue weighted by Gasteiger charge is 2.13. The minimum atomic E-state index is 0.0606. The zero-order chi connectivity index (χ0) is 19.9. The smallest absolute Gasteiger partial charge is 0.193 e. The Bertz CT molecular complexity index is 921. The molecule has 1 unspecified atom stereocenters. The van der Waals surface area contributed by atoms with Crippen LogP contribution in [0.15, 0.2) is 78.9 Å². The van der Waals surface area contributed by atoms with Gasteiger partial charge in [-0.2, -0.15) is 0 Å². The molecule has 1 atom stereocenters. The molecular formula is C25H28N2O. The van der Waals surface area contributed by atoms with E-state index in [1.54, 1.807) is 0 Å². The van der Waals surface area contributed by atoms with E-state index in [1.807, 2.05) is 48.5 Å². The third-order valence-electron chi connectivity index (χ3n) is 5.13. The second kappa shape index (κ2) is 9.34. The molecule has 28 heavy (non-hydrogen) atoms. The lowest BCUT2D eigenvalue weighted by molar-refractivity contribution is 0.103. The predicted octanol–water partition coefficient (Wildman–Crippen LogP) is 5.22. The number of nitrogens with zero attached hydrogens (tertiary/aromatic N) is 1. The topological polar surface area (TPSA) is 32.3 Å². The van der Waals surface area contributed by atoms with Crippen molar-refractivity contribution in [1.29, 1.82) is 0 Å². The number of hydrogen-bond acceptors (Lipinski definition) is 3. The highest BCUT2D eigenvalue weighted by molar-refractivity contribution is 6.09. The Kier molecular flexibility index (Phi) is 6.62. The van der Waals surface area contributed by atoms with Gasteiger partial charge in [-0.3, -0.25) is 4.79 Å². The highest BCUT2D eigenvalue weighted by Crippen LogP contribution is 2.25. The van der Waals surface area contributed by atoms with Crippen molar-refractivity contribution >= 4 is 11.5 Å². The quantitative estimate of drug-likeness (QED) is 0.550. The average Bonchev–Trinajstić information content (AvgIpc) is 2.77. The largest absolute Gasteiger partial charge is 0.375 e. The van der Waals surface area contributed by atoms with Crippen LogP contribution in [0.5, 0.6) is 0 Å². The molecule has 1 N–H and O–H groups in total. The van der Waals surface area contributed by atoms with Crippen molar-refractivity contribution in [1.82, 2.24) is 5.32 Å². The maximum absolute atomic E-state index is 12.7. The van der Waals surface area contributed by atoms with Gasteiger partial charge in [-0.05, 0) is 37.1 Å². The third kappa shape index (κ3) is 4.68. The van der Waals surface area contributed by atoms with E-state index in [1.165, 1.54) is 11.3 Å². The van der Waals surface area contributed by atoms with E-state index in [4.69, 9.17) is 0 Å². The molecule has 0 aromatic heterocycles. The van der Waals surface area contributed by atoms with Crippen LogP contribution < -0.4 is 10.2 Å². The first-order valence-corrected chi connectivity index (χ1v) is 9.82. The Balaban J connectivity index is 1.71. The highest BCUT2D eigenvalue weighted by atomic mass is 16.1. The van der Waals surface area contributed by atoms with E-state index in [0.29, 0.717) is 6.54 Å². The standard InChI is InChI=1S/C25H28N2O/c1-4-27(3)24-16-9-8-15-23(24)19(2)26-18-20-11-10-14-22(17-20)25(28)21-12-6-5-7-13-21/h5-17,19,26H,4,18H2,1-3H3. The second-order valence-electron chi connectivity index (χ2n) is 7.07. The maximum atomic E-state index is 12.7. The van der Waals surface area contributed by atoms with E-state index >= 15 is 0 Å². The summed E-state index contributed by atoms with van der Waals surface area (Å²) in [6, 6.07) is 26.0. The second-order valence-corrected chi connectivity index (χ2v) is 7.07. The third-order valence-corrected chi connectivity index (χ3v) is 5.13. The molecule has 144 valence electrons. The minimum Gasteiger partial charge on any atom is -0.375 e. The Labute approximate surface area is 168 Å². The fourth-order valence-electron chi connectivity index (χ4n) is 3.33. The predicted molar refractivity (Wildman–Crippen MR) is 117 cm³/mol. The van der Waals surface area contributed by atoms with E-state index in [-0.39, 0.29) is 11.8 Å². The van der Waals surface area contributed by atoms with Crippen LogP contribution in [0.2, 0.25) is 0 Å². The molecule has 0 aliphatic rings. The molecule has 3 aromatic rings. The van der Waals surface area contributed by atoms with Gasteiger partial charge >= 0.3 is 0 Å². The van der Waals surface area contributed by atoms with Crippen LogP contribution in [0.1, 0.15) is 46.9 Å². The Morgan fingerprint density at radius 2 is 1.61 bits per heavy atom. The molecule has 0 heterocycles. The fraction of sp³-hybridized carbons (Fsp3) is 0.240. The van der Waals surface area contributed by atoms with Crippen molar-refractivity contribution < 1.29 is 4.79 Å². The first-order chi connectivity index (χ1) is 13.6. The van der Waals surface area contributed by atoms with Gasteiger partial charge in [0.25, 0.3) is 0 Å². The number of ketones is 1. The molecule has 0 aliphatic heterocycles. The van der Waals surface area contributed by atoms with Gasteiger partial charge in [0.05, 0.1) is 0 Å². The summed E-state index contributed by atoms with van der Waals surface area (Å²) in [4.78, 5) is 14.9. The van der Waals surface area contributed by atoms with Gasteiger partial charge < -0.3 is 10.2 Å². The van der Waals surface area contributed by atoms with Crippen LogP contribution in [0.3, 0.4) is 0 Å². The van der Waals surface area contributed by atoms with Gasteiger partial charge in [-0.25, -0.2) is 0 Å². The zero-order valence-electron chi connectivity index (χ0n) is 16.9. The monoisotopic (exact) mass is 372 g/mol. The van der Waals surface area contributed by atoms with Crippen molar-refractivity contribution in [3.63, 3.8) is 0 Å². The lowest BCUT2D eigenvalue weighted by atomic mass is 10.0. The normalized spacial score (nSPS) is 11.8. The molecule has 3 heteroatoms. The number of carbonyl (C=O) groups is 1. The van der Waals surface area contributed by atoms with Gasteiger partial charge in [-0.1, -0.05) is 66.7 Å². The van der Waals surface area contributed by atoms with Gasteiger partial charge in [0.2, 0.25) is 0 Å². The summed E-state index contributed by atoms with van der Waals surface area (Å²) in [6.45, 7) is 6.01. The molecule has 3 aromatic carbocycles. The minimum absolute atomic E-state index is 0.0606. The van der Waals surface area contributed by atoms with Crippen molar-refractivity contribution in [3.8, 4) is 0 Å². The summed E-state index contributed by atoms with van der Waals surface area (Å²) in [5.41, 5.74) is 5.08. The van der Waals surface area contributed by atoms with Crippen molar-refractivity contribution in [2.45, 2.75) is 26.4 Å². The Morgan fingerprint density at radius 3 is 2.36 bits per heavy atom. The number of carbonyl (C=O) groups excluding carboxylic acids is 1. The molecular weight excluding hydrogens is 344 g/mol. The van der Waals surface area contributed by atoms with Gasteiger partial charge in [0, 0.05) is 43.0 Å². The molecule has 0 spiro atoms. The van der Waals surface area contributed by atoms with Gasteiger partial charge in [0.1, 0.15) is 0 Å². The summed E-state index contributed by atoms with van der Waals surface area (Å²) in [5.74, 6) is 0.0606. The first kappa shape index (κ1) is 19.8. The number of benzene rings is 3. The summed E-state index contributed by atoms with van der Waals surface area (Å²) >= 11 is 0. The number of hydrogen-bond donors (Lipinski definition) is 1. The number of nitrogens with one attached hydrogen (secondary N) is 1. The number of para-hydroxylation sites is 1. The zero-order valence-corrected chi connectivity index (χ0v) is 16.9. The SMILES string of the molecule is CCN(C)c1ccccc1C(C)NCc1cccc(C(=O)c2ccccc2)c1. The lowest BCUT2D eigenvalue weighted by Gasteiger charge is -2.24. The van der Waals surface area contributed by atoms with Crippen LogP contribution in [0.4, 0.5) is 5.69 Å². The van der Waals surface area contributed by atoms with Crippen LogP contribution in [0.25, 0.3) is 0 Å². The van der Waals surface area contributed by atoms with Crippen LogP contribution in [0, 0.1) is 0 Å². The van der Waals surface area contributed by atoms with E-state index < -0.39 is 0 Å². The molecule has 0 aliphatic carbocycles. The van der Waals surface area contributed by atoms with Crippen molar-refractivity contribution in [3.05, 3.63) is 101 Å². The molecule has 3 nitrogen and oxygen atoms in total. The molecule has 0 amide bonds. The molecule has 0 fully saturated rings. The summed E-state index contributed by atoms with van der Waals surface area (Å²) < 4.78 is 0. The van der Waals surface area contributed by atoms with E-state index in [9.17, 15) is 4.79 Å². The van der Waals surface area contributed by atoms with Crippen molar-refractivity contribution in [2.75, 3.05) is 18.5 Å². The van der Waals surface area contributed by atoms with Gasteiger partial charge in [0.15, 0.2) is 5.78 Å². The van der Waals surface area contributed by atoms with Crippen LogP contribution in [-0.2, 0) is 6.54 Å². The van der Waals surface area contributed by atoms with Gasteiger partial charge in [-0.15, -0.1) is 0 Å². The van der Waals surface area contributed by atoms with Crippen LogP contribution >= 0.6 is 0 Å². The van der Waals surface area contributed by atoms with Crippen LogP contribution in [-0.4, -0.2) is 19.4 Å². The molecule has 0 radical (unpaired) electrons. The average molecular weight is 373 g/mol. The molecule has 0 saturated carbocycles. The summed E-state index contributed by atoms with van der Waals surface area (Å²) in [5, 5.41) is 3.60. The summed E-state index contributed by atoms with van der Waals surface area (Å²) in [7, 11) is 2.12. The van der Waals surface area contributed by atoms with Crippen molar-refractivity contribution in [2.24, 2.45) is 0 Å². The Morgan fingerprint density at radius 1 is 0.929 bits per heavy atom. The number of rotatable bonds is 8. The fourth-order valence-corrected chi connectivity index (χ4v) is 3.33. The van der Waals surface area contributed by atoms with E-state index in [0.717, 1.165) is 23.2 Å². The molecule has 0 saturated heterocycles. The Hall–Kier alpha value is -2.91. The lowest BCUT2D eigenvalue weighted by Crippen LogP contribution is -2.23. The maximum Gasteiger partial charge on any atom is 0.193 e. The first-order valence-electron chi connectivity index (χ1n) is 9.82. The summed E-state index contributed by atoms with van der Waals surface area (Å²) in [6.07, 6.45) is 0. The molecule has 0 bridgehead atoms.